The molecule has 2 heterocycles. The lowest BCUT2D eigenvalue weighted by Crippen LogP contribution is -2.49. The Morgan fingerprint density at radius 1 is 1.09 bits per heavy atom. The minimum atomic E-state index is -2.03. The molecule has 170 valence electrons. The van der Waals surface area contributed by atoms with Gasteiger partial charge in [-0.3, -0.25) is 9.59 Å². The number of methoxy groups -OCH3 is 2. The molecule has 1 amide bonds. The van der Waals surface area contributed by atoms with Crippen LogP contribution in [0.4, 0.5) is 0 Å². The average molecular weight is 444 g/mol. The van der Waals surface area contributed by atoms with E-state index in [1.54, 1.807) is 18.2 Å². The first-order valence-corrected chi connectivity index (χ1v) is 9.97. The fourth-order valence-electron chi connectivity index (χ4n) is 3.85. The Hall–Kier alpha value is -3.82. The summed E-state index contributed by atoms with van der Waals surface area (Å²) in [6, 6.07) is 6.34. The molecule has 1 aromatic carbocycles. The smallest absolute Gasteiger partial charge is 0.341 e. The molecule has 2 aliphatic heterocycles. The molecule has 1 spiro atoms. The van der Waals surface area contributed by atoms with Crippen LogP contribution in [0.25, 0.3) is 0 Å². The van der Waals surface area contributed by atoms with Gasteiger partial charge in [-0.1, -0.05) is 31.5 Å². The zero-order valence-electron chi connectivity index (χ0n) is 18.0. The van der Waals surface area contributed by atoms with Crippen LogP contribution in [0.5, 0.6) is 5.75 Å². The topological polar surface area (TPSA) is 143 Å². The molecule has 3 N–H and O–H groups in total. The van der Waals surface area contributed by atoms with Crippen LogP contribution in [-0.2, 0) is 38.8 Å². The quantitative estimate of drug-likeness (QED) is 0.357. The van der Waals surface area contributed by atoms with Crippen LogP contribution in [0.15, 0.2) is 47.0 Å². The molecular weight excluding hydrogens is 420 g/mol. The van der Waals surface area contributed by atoms with Crippen molar-refractivity contribution in [2.24, 2.45) is 5.73 Å². The third-order valence-corrected chi connectivity index (χ3v) is 5.29. The number of nitrogens with one attached hydrogen (secondary N) is 1. The van der Waals surface area contributed by atoms with E-state index in [9.17, 15) is 19.2 Å². The van der Waals surface area contributed by atoms with Gasteiger partial charge in [-0.25, -0.2) is 9.59 Å². The van der Waals surface area contributed by atoms with Crippen molar-refractivity contribution >= 4 is 23.8 Å². The molecule has 32 heavy (non-hydrogen) atoms. The maximum atomic E-state index is 13.5. The van der Waals surface area contributed by atoms with E-state index in [4.69, 9.17) is 19.9 Å². The van der Waals surface area contributed by atoms with E-state index in [0.717, 1.165) is 13.5 Å². The Kier molecular flexibility index (Phi) is 6.52. The Balaban J connectivity index is 2.31. The van der Waals surface area contributed by atoms with Gasteiger partial charge in [0.25, 0.3) is 0 Å². The second kappa shape index (κ2) is 9.13. The third kappa shape index (κ3) is 3.57. The number of ether oxygens (including phenoxy) is 4. The largest absolute Gasteiger partial charge is 0.469 e. The highest BCUT2D eigenvalue weighted by Gasteiger charge is 2.62. The van der Waals surface area contributed by atoms with Crippen LogP contribution in [0, 0.1) is 0 Å². The maximum absolute atomic E-state index is 13.5. The number of nitrogens with two attached hydrogens (primary N) is 1. The van der Waals surface area contributed by atoms with Crippen molar-refractivity contribution < 1.29 is 38.1 Å². The molecule has 1 aromatic rings. The van der Waals surface area contributed by atoms with Crippen molar-refractivity contribution in [3.63, 3.8) is 0 Å². The second-order valence-electron chi connectivity index (χ2n) is 7.13. The van der Waals surface area contributed by atoms with E-state index in [1.165, 1.54) is 13.2 Å². The fraction of sp³-hybridized carbons (Fsp3) is 0.364. The van der Waals surface area contributed by atoms with Gasteiger partial charge in [-0.2, -0.15) is 0 Å². The Morgan fingerprint density at radius 2 is 1.81 bits per heavy atom. The number of hydrogen-bond acceptors (Lipinski definition) is 9. The number of fused-ring (bicyclic) bond motifs is 2. The van der Waals surface area contributed by atoms with Gasteiger partial charge >= 0.3 is 17.9 Å². The molecule has 10 nitrogen and oxygen atoms in total. The van der Waals surface area contributed by atoms with Gasteiger partial charge in [-0.05, 0) is 12.5 Å². The lowest BCUT2D eigenvalue weighted by Gasteiger charge is -2.35. The summed E-state index contributed by atoms with van der Waals surface area (Å²) in [6.45, 7) is 2.00. The number of unbranched alkanes of at least 4 members (excludes halogenated alkanes) is 1. The number of amides is 1. The summed E-state index contributed by atoms with van der Waals surface area (Å²) in [5, 5.41) is 2.54. The van der Waals surface area contributed by atoms with Gasteiger partial charge < -0.3 is 30.0 Å². The van der Waals surface area contributed by atoms with Crippen LogP contribution in [-0.4, -0.2) is 44.6 Å². The van der Waals surface area contributed by atoms with Gasteiger partial charge in [0, 0.05) is 11.3 Å². The molecule has 2 aliphatic rings. The molecule has 0 bridgehead atoms. The minimum absolute atomic E-state index is 0.0583. The van der Waals surface area contributed by atoms with Crippen LogP contribution in [0.1, 0.15) is 31.7 Å². The van der Waals surface area contributed by atoms with Crippen LogP contribution in [0.3, 0.4) is 0 Å². The molecule has 0 aromatic heterocycles. The van der Waals surface area contributed by atoms with Crippen molar-refractivity contribution in [1.82, 2.24) is 5.32 Å². The number of carbonyl (C=O) groups is 4. The number of hydrogen-bond donors (Lipinski definition) is 2. The first-order valence-electron chi connectivity index (χ1n) is 9.97. The minimum Gasteiger partial charge on any atom is -0.469 e. The second-order valence-corrected chi connectivity index (χ2v) is 7.13. The summed E-state index contributed by atoms with van der Waals surface area (Å²) in [5.74, 6) is -3.53. The molecule has 0 radical (unpaired) electrons. The molecule has 0 aliphatic carbocycles. The van der Waals surface area contributed by atoms with Gasteiger partial charge in [0.05, 0.1) is 32.8 Å². The highest BCUT2D eigenvalue weighted by molar-refractivity contribution is 6.17. The number of para-hydroxylation sites is 1. The van der Waals surface area contributed by atoms with Gasteiger partial charge in [0.2, 0.25) is 11.8 Å². The van der Waals surface area contributed by atoms with Gasteiger partial charge in [0.15, 0.2) is 0 Å². The lowest BCUT2D eigenvalue weighted by molar-refractivity contribution is -0.142. The molecule has 0 fully saturated rings. The lowest BCUT2D eigenvalue weighted by atomic mass is 9.67. The zero-order valence-corrected chi connectivity index (χ0v) is 18.0. The predicted octanol–water partition coefficient (Wildman–Crippen LogP) is 0.950. The molecule has 3 rings (SSSR count). The summed E-state index contributed by atoms with van der Waals surface area (Å²) in [7, 11) is 2.30. The van der Waals surface area contributed by atoms with Crippen LogP contribution < -0.4 is 15.8 Å². The Morgan fingerprint density at radius 3 is 2.47 bits per heavy atom. The normalized spacial score (nSPS) is 19.3. The van der Waals surface area contributed by atoms with Gasteiger partial charge in [-0.15, -0.1) is 0 Å². The third-order valence-electron chi connectivity index (χ3n) is 5.29. The van der Waals surface area contributed by atoms with Crippen molar-refractivity contribution in [2.45, 2.75) is 31.6 Å². The van der Waals surface area contributed by atoms with Crippen molar-refractivity contribution in [2.75, 3.05) is 20.8 Å². The molecule has 0 unspecified atom stereocenters. The van der Waals surface area contributed by atoms with E-state index in [1.807, 2.05) is 6.92 Å². The molecule has 1 atom stereocenters. The molecule has 0 saturated heterocycles. The molecule has 0 saturated carbocycles. The summed E-state index contributed by atoms with van der Waals surface area (Å²) < 4.78 is 20.6. The van der Waals surface area contributed by atoms with Crippen LogP contribution in [0.2, 0.25) is 0 Å². The average Bonchev–Trinajstić information content (AvgIpc) is 3.04. The zero-order chi connectivity index (χ0) is 23.5. The van der Waals surface area contributed by atoms with Crippen LogP contribution >= 0.6 is 0 Å². The number of rotatable bonds is 7. The summed E-state index contributed by atoms with van der Waals surface area (Å²) in [5.41, 5.74) is 3.59. The van der Waals surface area contributed by atoms with E-state index in [0.29, 0.717) is 6.42 Å². The number of carbonyl (C=O) groups excluding carboxylic acids is 4. The Bertz CT molecular complexity index is 1040. The Labute approximate surface area is 184 Å². The number of esters is 3. The highest BCUT2D eigenvalue weighted by Crippen LogP contribution is 2.52. The van der Waals surface area contributed by atoms with Crippen molar-refractivity contribution in [3.8, 4) is 5.75 Å². The van der Waals surface area contributed by atoms with E-state index in [-0.39, 0.29) is 40.6 Å². The number of benzene rings is 1. The summed E-state index contributed by atoms with van der Waals surface area (Å²) >= 11 is 0. The van der Waals surface area contributed by atoms with Gasteiger partial charge in [0.1, 0.15) is 16.7 Å². The van der Waals surface area contributed by atoms with Crippen molar-refractivity contribution in [1.29, 1.82) is 0 Å². The monoisotopic (exact) mass is 444 g/mol. The van der Waals surface area contributed by atoms with E-state index < -0.39 is 35.7 Å². The highest BCUT2D eigenvalue weighted by atomic mass is 16.5. The van der Waals surface area contributed by atoms with Crippen molar-refractivity contribution in [3.05, 3.63) is 52.6 Å². The fourth-order valence-corrected chi connectivity index (χ4v) is 3.85. The first kappa shape index (κ1) is 22.9. The molecule has 10 heteroatoms. The van der Waals surface area contributed by atoms with E-state index >= 15 is 0 Å². The molecular formula is C22H24N2O8. The SMILES string of the molecule is CCCCOC(=O)C1=C(N)Oc2ccccc2[C@@]12C(=O)NC(CC(=O)OC)=C2C(=O)OC. The standard InChI is InChI=1S/C22H24N2O8/c1-4-5-10-31-20(27)17-18(23)32-14-9-7-6-8-12(14)22(17)16(19(26)30-3)13(24-21(22)28)11-15(25)29-2/h6-9H,4-5,10-11,23H2,1-3H3,(H,24,28)/t22-/m0/s1. The summed E-state index contributed by atoms with van der Waals surface area (Å²) in [4.78, 5) is 51.7. The maximum Gasteiger partial charge on any atom is 0.341 e. The van der Waals surface area contributed by atoms with E-state index in [2.05, 4.69) is 10.1 Å². The first-order chi connectivity index (χ1) is 15.3. The summed E-state index contributed by atoms with van der Waals surface area (Å²) in [6.07, 6.45) is 0.918. The predicted molar refractivity (Wildman–Crippen MR) is 110 cm³/mol.